The first-order valence-electron chi connectivity index (χ1n) is 9.72. The predicted octanol–water partition coefficient (Wildman–Crippen LogP) is 5.27. The van der Waals surface area contributed by atoms with Gasteiger partial charge in [-0.3, -0.25) is 0 Å². The fraction of sp³-hybridized carbons (Fsp3) is 0.364. The summed E-state index contributed by atoms with van der Waals surface area (Å²) in [5.74, 6) is 2.37. The number of hydrogen-bond donors (Lipinski definition) is 1. The Morgan fingerprint density at radius 3 is 2.66 bits per heavy atom. The van der Waals surface area contributed by atoms with Gasteiger partial charge in [-0.1, -0.05) is 16.8 Å². The van der Waals surface area contributed by atoms with Crippen LogP contribution in [-0.2, 0) is 0 Å². The molecule has 2 N–H and O–H groups in total. The summed E-state index contributed by atoms with van der Waals surface area (Å²) in [6.07, 6.45) is 1.94. The van der Waals surface area contributed by atoms with Crippen molar-refractivity contribution < 1.29 is 14.0 Å². The highest BCUT2D eigenvalue weighted by atomic mass is 35.5. The third-order valence-electron chi connectivity index (χ3n) is 4.27. The molecule has 0 bridgehead atoms. The first-order valence-corrected chi connectivity index (χ1v) is 10.1. The van der Waals surface area contributed by atoms with Crippen LogP contribution >= 0.6 is 11.6 Å². The number of benzene rings is 2. The second kappa shape index (κ2) is 9.76. The molecule has 0 aliphatic rings. The third kappa shape index (κ3) is 5.49. The molecule has 0 spiro atoms. The fourth-order valence-corrected chi connectivity index (χ4v) is 3.07. The summed E-state index contributed by atoms with van der Waals surface area (Å²) in [6.45, 7) is 7.23. The lowest BCUT2D eigenvalue weighted by atomic mass is 10.1. The van der Waals surface area contributed by atoms with Crippen molar-refractivity contribution in [3.05, 3.63) is 47.0 Å². The number of nitrogens with zero attached hydrogens (tertiary/aromatic N) is 2. The van der Waals surface area contributed by atoms with Crippen LogP contribution in [0.15, 0.2) is 40.9 Å². The van der Waals surface area contributed by atoms with Gasteiger partial charge in [0.25, 0.3) is 5.89 Å². The van der Waals surface area contributed by atoms with E-state index in [0.29, 0.717) is 35.6 Å². The molecule has 1 aromatic heterocycles. The van der Waals surface area contributed by atoms with E-state index in [4.69, 9.17) is 31.3 Å². The standard InChI is InChI=1S/C22H26ClN3O3/c1-14(2)28-20-9-6-16(13-19(20)23)22-25-21(26-29-22)18-8-7-17(12-15(18)3)27-11-5-4-10-24/h6-9,12-14H,4-5,10-11,24H2,1-3H3. The first kappa shape index (κ1) is 21.1. The summed E-state index contributed by atoms with van der Waals surface area (Å²) in [4.78, 5) is 4.53. The topological polar surface area (TPSA) is 83.4 Å². The van der Waals surface area contributed by atoms with Crippen LogP contribution in [0.1, 0.15) is 32.3 Å². The largest absolute Gasteiger partial charge is 0.494 e. The number of nitrogens with two attached hydrogens (primary N) is 1. The Balaban J connectivity index is 1.75. The van der Waals surface area contributed by atoms with Crippen molar-refractivity contribution in [1.82, 2.24) is 10.1 Å². The zero-order chi connectivity index (χ0) is 20.8. The summed E-state index contributed by atoms with van der Waals surface area (Å²) in [5, 5.41) is 4.63. The molecule has 29 heavy (non-hydrogen) atoms. The fourth-order valence-electron chi connectivity index (χ4n) is 2.85. The molecule has 0 saturated heterocycles. The van der Waals surface area contributed by atoms with Crippen LogP contribution in [0.25, 0.3) is 22.8 Å². The molecule has 0 radical (unpaired) electrons. The molecule has 0 aliphatic heterocycles. The van der Waals surface area contributed by atoms with Crippen molar-refractivity contribution in [1.29, 1.82) is 0 Å². The lowest BCUT2D eigenvalue weighted by molar-refractivity contribution is 0.242. The van der Waals surface area contributed by atoms with E-state index in [-0.39, 0.29) is 6.10 Å². The van der Waals surface area contributed by atoms with Crippen LogP contribution in [0, 0.1) is 6.92 Å². The number of aryl methyl sites for hydroxylation is 1. The lowest BCUT2D eigenvalue weighted by Gasteiger charge is -2.11. The predicted molar refractivity (Wildman–Crippen MR) is 114 cm³/mol. The maximum absolute atomic E-state index is 6.32. The highest BCUT2D eigenvalue weighted by Gasteiger charge is 2.15. The molecule has 0 saturated carbocycles. The van der Waals surface area contributed by atoms with E-state index in [1.165, 1.54) is 0 Å². The van der Waals surface area contributed by atoms with Gasteiger partial charge in [0.1, 0.15) is 11.5 Å². The first-order chi connectivity index (χ1) is 14.0. The van der Waals surface area contributed by atoms with Crippen molar-refractivity contribution in [3.63, 3.8) is 0 Å². The van der Waals surface area contributed by atoms with Gasteiger partial charge in [0.15, 0.2) is 0 Å². The molecule has 6 nitrogen and oxygen atoms in total. The number of unbranched alkanes of at least 4 members (excludes halogenated alkanes) is 1. The average Bonchev–Trinajstić information content (AvgIpc) is 3.16. The SMILES string of the molecule is Cc1cc(OCCCCN)ccc1-c1noc(-c2ccc(OC(C)C)c(Cl)c2)n1. The second-order valence-electron chi connectivity index (χ2n) is 7.06. The molecule has 7 heteroatoms. The number of halogens is 1. The van der Waals surface area contributed by atoms with Crippen molar-refractivity contribution in [2.75, 3.05) is 13.2 Å². The summed E-state index contributed by atoms with van der Waals surface area (Å²) in [5.41, 5.74) is 8.14. The Morgan fingerprint density at radius 2 is 1.97 bits per heavy atom. The van der Waals surface area contributed by atoms with Gasteiger partial charge in [0.05, 0.1) is 17.7 Å². The Kier molecular flexibility index (Phi) is 7.12. The molecule has 0 aliphatic carbocycles. The van der Waals surface area contributed by atoms with Gasteiger partial charge in [0, 0.05) is 11.1 Å². The van der Waals surface area contributed by atoms with Crippen LogP contribution in [-0.4, -0.2) is 29.4 Å². The molecule has 154 valence electrons. The summed E-state index contributed by atoms with van der Waals surface area (Å²) in [7, 11) is 0. The molecule has 0 fully saturated rings. The van der Waals surface area contributed by atoms with Crippen molar-refractivity contribution in [2.24, 2.45) is 5.73 Å². The van der Waals surface area contributed by atoms with E-state index in [9.17, 15) is 0 Å². The summed E-state index contributed by atoms with van der Waals surface area (Å²) < 4.78 is 16.9. The van der Waals surface area contributed by atoms with Gasteiger partial charge >= 0.3 is 0 Å². The monoisotopic (exact) mass is 415 g/mol. The quantitative estimate of drug-likeness (QED) is 0.479. The molecular formula is C22H26ClN3O3. The van der Waals surface area contributed by atoms with Gasteiger partial charge in [-0.15, -0.1) is 0 Å². The molecule has 0 amide bonds. The zero-order valence-corrected chi connectivity index (χ0v) is 17.7. The van der Waals surface area contributed by atoms with Crippen LogP contribution < -0.4 is 15.2 Å². The minimum absolute atomic E-state index is 0.0453. The zero-order valence-electron chi connectivity index (χ0n) is 16.9. The molecular weight excluding hydrogens is 390 g/mol. The van der Waals surface area contributed by atoms with Gasteiger partial charge < -0.3 is 19.7 Å². The Labute approximate surface area is 176 Å². The maximum Gasteiger partial charge on any atom is 0.258 e. The Hall–Kier alpha value is -2.57. The number of aromatic nitrogens is 2. The molecule has 0 unspecified atom stereocenters. The van der Waals surface area contributed by atoms with E-state index in [2.05, 4.69) is 10.1 Å². The lowest BCUT2D eigenvalue weighted by Crippen LogP contribution is -2.05. The average molecular weight is 416 g/mol. The summed E-state index contributed by atoms with van der Waals surface area (Å²) >= 11 is 6.32. The minimum atomic E-state index is 0.0453. The summed E-state index contributed by atoms with van der Waals surface area (Å²) in [6, 6.07) is 11.3. The van der Waals surface area contributed by atoms with E-state index in [1.54, 1.807) is 6.07 Å². The highest BCUT2D eigenvalue weighted by Crippen LogP contribution is 2.32. The van der Waals surface area contributed by atoms with Crippen LogP contribution in [0.5, 0.6) is 11.5 Å². The second-order valence-corrected chi connectivity index (χ2v) is 7.46. The van der Waals surface area contributed by atoms with Gasteiger partial charge in [-0.05, 0) is 82.1 Å². The number of rotatable bonds is 9. The van der Waals surface area contributed by atoms with E-state index < -0.39 is 0 Å². The minimum Gasteiger partial charge on any atom is -0.494 e. The van der Waals surface area contributed by atoms with Crippen LogP contribution in [0.3, 0.4) is 0 Å². The van der Waals surface area contributed by atoms with Crippen molar-refractivity contribution in [2.45, 2.75) is 39.7 Å². The highest BCUT2D eigenvalue weighted by molar-refractivity contribution is 6.32. The Bertz CT molecular complexity index is 956. The normalized spacial score (nSPS) is 11.1. The van der Waals surface area contributed by atoms with Crippen LogP contribution in [0.2, 0.25) is 5.02 Å². The molecule has 3 rings (SSSR count). The van der Waals surface area contributed by atoms with Gasteiger partial charge in [-0.25, -0.2) is 0 Å². The van der Waals surface area contributed by atoms with Gasteiger partial charge in [0.2, 0.25) is 5.82 Å². The molecule has 2 aromatic carbocycles. The Morgan fingerprint density at radius 1 is 1.14 bits per heavy atom. The smallest absolute Gasteiger partial charge is 0.258 e. The number of hydrogen-bond acceptors (Lipinski definition) is 6. The van der Waals surface area contributed by atoms with E-state index in [0.717, 1.165) is 35.3 Å². The van der Waals surface area contributed by atoms with Crippen LogP contribution in [0.4, 0.5) is 0 Å². The third-order valence-corrected chi connectivity index (χ3v) is 4.57. The van der Waals surface area contributed by atoms with E-state index >= 15 is 0 Å². The molecule has 1 heterocycles. The molecule has 3 aromatic rings. The van der Waals surface area contributed by atoms with Gasteiger partial charge in [-0.2, -0.15) is 4.98 Å². The van der Waals surface area contributed by atoms with Crippen molar-refractivity contribution >= 4 is 11.6 Å². The maximum atomic E-state index is 6.32. The number of ether oxygens (including phenoxy) is 2. The van der Waals surface area contributed by atoms with E-state index in [1.807, 2.05) is 51.1 Å². The molecule has 0 atom stereocenters. The van der Waals surface area contributed by atoms with Crippen molar-refractivity contribution in [3.8, 4) is 34.3 Å².